The Hall–Kier alpha value is -1.13. The van der Waals surface area contributed by atoms with Crippen LogP contribution in [0.25, 0.3) is 0 Å². The predicted octanol–water partition coefficient (Wildman–Crippen LogP) is 3.09. The lowest BCUT2D eigenvalue weighted by atomic mass is 9.87. The van der Waals surface area contributed by atoms with E-state index in [1.54, 1.807) is 27.4 Å². The molecule has 0 radical (unpaired) electrons. The quantitative estimate of drug-likeness (QED) is 0.923. The van der Waals surface area contributed by atoms with Crippen LogP contribution >= 0.6 is 11.6 Å². The summed E-state index contributed by atoms with van der Waals surface area (Å²) < 4.78 is 16.3. The number of benzene rings is 1. The van der Waals surface area contributed by atoms with Crippen molar-refractivity contribution in [1.82, 2.24) is 0 Å². The van der Waals surface area contributed by atoms with E-state index in [-0.39, 0.29) is 0 Å². The van der Waals surface area contributed by atoms with Crippen molar-refractivity contribution < 1.29 is 14.2 Å². The van der Waals surface area contributed by atoms with Crippen LogP contribution in [-0.4, -0.2) is 21.3 Å². The van der Waals surface area contributed by atoms with Crippen molar-refractivity contribution in [2.24, 2.45) is 5.73 Å². The minimum Gasteiger partial charge on any atom is -0.495 e. The lowest BCUT2D eigenvalue weighted by molar-refractivity contribution is 0.322. The SMILES string of the molecule is COc1cc(Cl)c(OC)c(C2(N)CCCC2)c1OC. The highest BCUT2D eigenvalue weighted by atomic mass is 35.5. The van der Waals surface area contributed by atoms with E-state index in [4.69, 9.17) is 31.5 Å². The summed E-state index contributed by atoms with van der Waals surface area (Å²) in [7, 11) is 4.78. The van der Waals surface area contributed by atoms with Crippen LogP contribution in [0, 0.1) is 0 Å². The summed E-state index contributed by atoms with van der Waals surface area (Å²) in [6, 6.07) is 1.70. The molecule has 2 rings (SSSR count). The van der Waals surface area contributed by atoms with Gasteiger partial charge in [-0.05, 0) is 12.8 Å². The molecule has 0 bridgehead atoms. The zero-order valence-corrected chi connectivity index (χ0v) is 12.3. The predicted molar refractivity (Wildman–Crippen MR) is 75.4 cm³/mol. The van der Waals surface area contributed by atoms with E-state index < -0.39 is 5.54 Å². The van der Waals surface area contributed by atoms with E-state index in [0.717, 1.165) is 31.2 Å². The second kappa shape index (κ2) is 5.47. The molecular formula is C14H20ClNO3. The minimum absolute atomic E-state index is 0.463. The molecule has 1 aliphatic carbocycles. The number of nitrogens with two attached hydrogens (primary N) is 1. The average Bonchev–Trinajstić information content (AvgIpc) is 2.85. The maximum atomic E-state index is 6.55. The van der Waals surface area contributed by atoms with E-state index in [1.807, 2.05) is 0 Å². The summed E-state index contributed by atoms with van der Waals surface area (Å²) in [5, 5.41) is 0.492. The Labute approximate surface area is 118 Å². The van der Waals surface area contributed by atoms with Gasteiger partial charge in [0.25, 0.3) is 0 Å². The van der Waals surface area contributed by atoms with Crippen LogP contribution in [-0.2, 0) is 5.54 Å². The summed E-state index contributed by atoms with van der Waals surface area (Å²) in [4.78, 5) is 0. The maximum absolute atomic E-state index is 6.55. The van der Waals surface area contributed by atoms with Crippen molar-refractivity contribution in [3.8, 4) is 17.2 Å². The third-order valence-corrected chi connectivity index (χ3v) is 4.06. The third kappa shape index (κ3) is 2.35. The topological polar surface area (TPSA) is 53.7 Å². The molecule has 4 nitrogen and oxygen atoms in total. The average molecular weight is 286 g/mol. The molecule has 106 valence electrons. The van der Waals surface area contributed by atoms with E-state index in [1.165, 1.54) is 0 Å². The first kappa shape index (κ1) is 14.3. The lowest BCUT2D eigenvalue weighted by Gasteiger charge is -2.29. The molecule has 0 unspecified atom stereocenters. The summed E-state index contributed by atoms with van der Waals surface area (Å²) in [6.45, 7) is 0. The number of hydrogen-bond acceptors (Lipinski definition) is 4. The molecule has 0 heterocycles. The highest BCUT2D eigenvalue weighted by Crippen LogP contribution is 2.51. The molecule has 19 heavy (non-hydrogen) atoms. The van der Waals surface area contributed by atoms with Gasteiger partial charge in [-0.2, -0.15) is 0 Å². The lowest BCUT2D eigenvalue weighted by Crippen LogP contribution is -2.34. The Morgan fingerprint density at radius 3 is 2.11 bits per heavy atom. The summed E-state index contributed by atoms with van der Waals surface area (Å²) in [6.07, 6.45) is 3.97. The number of ether oxygens (including phenoxy) is 3. The largest absolute Gasteiger partial charge is 0.495 e. The molecule has 5 heteroatoms. The summed E-state index contributed by atoms with van der Waals surface area (Å²) in [5.74, 6) is 1.79. The van der Waals surface area contributed by atoms with Gasteiger partial charge in [0.05, 0.1) is 31.9 Å². The highest BCUT2D eigenvalue weighted by Gasteiger charge is 2.39. The Bertz CT molecular complexity index is 470. The molecular weight excluding hydrogens is 266 g/mol. The Morgan fingerprint density at radius 2 is 1.63 bits per heavy atom. The van der Waals surface area contributed by atoms with E-state index in [9.17, 15) is 0 Å². The van der Waals surface area contributed by atoms with Gasteiger partial charge in [0.15, 0.2) is 11.5 Å². The molecule has 0 saturated heterocycles. The van der Waals surface area contributed by atoms with Gasteiger partial charge in [0, 0.05) is 11.6 Å². The molecule has 0 amide bonds. The number of methoxy groups -OCH3 is 3. The van der Waals surface area contributed by atoms with Gasteiger partial charge in [-0.15, -0.1) is 0 Å². The second-order valence-electron chi connectivity index (χ2n) is 4.87. The Morgan fingerprint density at radius 1 is 1.05 bits per heavy atom. The van der Waals surface area contributed by atoms with Crippen molar-refractivity contribution in [1.29, 1.82) is 0 Å². The highest BCUT2D eigenvalue weighted by molar-refractivity contribution is 6.32. The molecule has 0 spiro atoms. The van der Waals surface area contributed by atoms with E-state index in [0.29, 0.717) is 22.3 Å². The zero-order chi connectivity index (χ0) is 14.0. The van der Waals surface area contributed by atoms with Crippen molar-refractivity contribution in [2.45, 2.75) is 31.2 Å². The number of hydrogen-bond donors (Lipinski definition) is 1. The van der Waals surface area contributed by atoms with Gasteiger partial charge in [0.1, 0.15) is 5.75 Å². The van der Waals surface area contributed by atoms with Crippen LogP contribution in [0.4, 0.5) is 0 Å². The Kier molecular flexibility index (Phi) is 4.11. The van der Waals surface area contributed by atoms with Gasteiger partial charge in [-0.3, -0.25) is 0 Å². The molecule has 1 saturated carbocycles. The molecule has 1 fully saturated rings. The first-order valence-electron chi connectivity index (χ1n) is 6.35. The summed E-state index contributed by atoms with van der Waals surface area (Å²) >= 11 is 6.27. The van der Waals surface area contributed by atoms with Crippen molar-refractivity contribution >= 4 is 11.6 Å². The molecule has 1 aromatic carbocycles. The fraction of sp³-hybridized carbons (Fsp3) is 0.571. The van der Waals surface area contributed by atoms with Crippen LogP contribution in [0.15, 0.2) is 6.07 Å². The maximum Gasteiger partial charge on any atom is 0.169 e. The molecule has 0 aliphatic heterocycles. The molecule has 0 aromatic heterocycles. The van der Waals surface area contributed by atoms with Crippen molar-refractivity contribution in [3.63, 3.8) is 0 Å². The van der Waals surface area contributed by atoms with Crippen molar-refractivity contribution in [2.75, 3.05) is 21.3 Å². The van der Waals surface area contributed by atoms with Crippen LogP contribution in [0.3, 0.4) is 0 Å². The Balaban J connectivity index is 2.70. The molecule has 1 aromatic rings. The van der Waals surface area contributed by atoms with Gasteiger partial charge >= 0.3 is 0 Å². The monoisotopic (exact) mass is 285 g/mol. The number of rotatable bonds is 4. The zero-order valence-electron chi connectivity index (χ0n) is 11.6. The van der Waals surface area contributed by atoms with E-state index in [2.05, 4.69) is 0 Å². The van der Waals surface area contributed by atoms with Crippen LogP contribution in [0.1, 0.15) is 31.2 Å². The minimum atomic E-state index is -0.463. The van der Waals surface area contributed by atoms with Gasteiger partial charge in [0.2, 0.25) is 0 Å². The van der Waals surface area contributed by atoms with Gasteiger partial charge < -0.3 is 19.9 Å². The number of halogens is 1. The van der Waals surface area contributed by atoms with Gasteiger partial charge in [-0.25, -0.2) is 0 Å². The van der Waals surface area contributed by atoms with Crippen LogP contribution < -0.4 is 19.9 Å². The molecule has 2 N–H and O–H groups in total. The second-order valence-corrected chi connectivity index (χ2v) is 5.27. The fourth-order valence-corrected chi connectivity index (χ4v) is 3.12. The molecule has 1 aliphatic rings. The fourth-order valence-electron chi connectivity index (χ4n) is 2.85. The normalized spacial score (nSPS) is 17.3. The van der Waals surface area contributed by atoms with E-state index >= 15 is 0 Å². The first-order chi connectivity index (χ1) is 9.07. The van der Waals surface area contributed by atoms with Gasteiger partial charge in [-0.1, -0.05) is 24.4 Å². The summed E-state index contributed by atoms with van der Waals surface area (Å²) in [5.41, 5.74) is 6.91. The standard InChI is InChI=1S/C14H20ClNO3/c1-17-10-8-9(15)12(18-2)11(13(10)19-3)14(16)6-4-5-7-14/h8H,4-7,16H2,1-3H3. The first-order valence-corrected chi connectivity index (χ1v) is 6.73. The van der Waals surface area contributed by atoms with Crippen LogP contribution in [0.5, 0.6) is 17.2 Å². The van der Waals surface area contributed by atoms with Crippen molar-refractivity contribution in [3.05, 3.63) is 16.7 Å². The third-order valence-electron chi connectivity index (χ3n) is 3.77. The van der Waals surface area contributed by atoms with Crippen LogP contribution in [0.2, 0.25) is 5.02 Å². The smallest absolute Gasteiger partial charge is 0.169 e. The molecule has 0 atom stereocenters.